The van der Waals surface area contributed by atoms with Gasteiger partial charge in [-0.3, -0.25) is 9.59 Å². The first-order valence-corrected chi connectivity index (χ1v) is 14.8. The molecule has 2 amide bonds. The van der Waals surface area contributed by atoms with Crippen LogP contribution in [0.4, 0.5) is 23.1 Å². The van der Waals surface area contributed by atoms with Crippen LogP contribution in [0.3, 0.4) is 0 Å². The zero-order chi connectivity index (χ0) is 29.5. The van der Waals surface area contributed by atoms with E-state index < -0.39 is 0 Å². The molecule has 11 heteroatoms. The lowest BCUT2D eigenvalue weighted by molar-refractivity contribution is -0.120. The first-order valence-electron chi connectivity index (χ1n) is 14.8. The first-order chi connectivity index (χ1) is 19.7. The Morgan fingerprint density at radius 1 is 1.15 bits per heavy atom. The van der Waals surface area contributed by atoms with Crippen LogP contribution in [-0.2, 0) is 4.79 Å². The summed E-state index contributed by atoms with van der Waals surface area (Å²) in [7, 11) is 5.50. The van der Waals surface area contributed by atoms with Gasteiger partial charge < -0.3 is 35.0 Å². The molecule has 2 aliphatic rings. The average Bonchev–Trinajstić information content (AvgIpc) is 2.97. The summed E-state index contributed by atoms with van der Waals surface area (Å²) in [6.07, 6.45) is 4.25. The highest BCUT2D eigenvalue weighted by molar-refractivity contribution is 6.04. The molecule has 0 aliphatic carbocycles. The molecule has 2 aromatic rings. The number of benzene rings is 1. The minimum atomic E-state index is -0.261. The topological polar surface area (TPSA) is 106 Å². The van der Waals surface area contributed by atoms with Crippen LogP contribution in [0.5, 0.6) is 5.75 Å². The monoisotopic (exact) mass is 566 g/mol. The Labute approximate surface area is 244 Å². The Morgan fingerprint density at radius 2 is 1.90 bits per heavy atom. The number of hydrogen-bond donors (Lipinski definition) is 2. The lowest BCUT2D eigenvalue weighted by Gasteiger charge is -2.40. The molecule has 224 valence electrons. The number of nitrogens with one attached hydrogen (secondary N) is 2. The molecular weight excluding hydrogens is 520 g/mol. The van der Waals surface area contributed by atoms with Crippen molar-refractivity contribution >= 4 is 35.0 Å². The third-order valence-electron chi connectivity index (χ3n) is 7.95. The summed E-state index contributed by atoms with van der Waals surface area (Å²) in [5.74, 6) is 2.09. The number of aromatic nitrogens is 2. The van der Waals surface area contributed by atoms with E-state index in [1.807, 2.05) is 13.0 Å². The SMILES string of the molecule is CC[C@@H]1C(=O)N(C)c2cnc(Nc3ccc(C(=O)NCCCN4CCN(C)CC4)cc3OC)nc2N1CCC(C)C. The second-order valence-electron chi connectivity index (χ2n) is 11.4. The molecule has 0 bridgehead atoms. The molecule has 1 saturated heterocycles. The van der Waals surface area contributed by atoms with Crippen LogP contribution in [0.15, 0.2) is 24.4 Å². The normalized spacial score (nSPS) is 18.0. The molecule has 0 unspecified atom stereocenters. The maximum Gasteiger partial charge on any atom is 0.251 e. The number of fused-ring (bicyclic) bond motifs is 1. The van der Waals surface area contributed by atoms with E-state index in [-0.39, 0.29) is 17.9 Å². The molecule has 3 heterocycles. The van der Waals surface area contributed by atoms with Gasteiger partial charge in [0.2, 0.25) is 11.9 Å². The van der Waals surface area contributed by atoms with Crippen molar-refractivity contribution in [3.63, 3.8) is 0 Å². The van der Waals surface area contributed by atoms with Crippen molar-refractivity contribution in [3.05, 3.63) is 30.0 Å². The van der Waals surface area contributed by atoms with Gasteiger partial charge in [0.1, 0.15) is 17.5 Å². The summed E-state index contributed by atoms with van der Waals surface area (Å²) in [6, 6.07) is 5.04. The summed E-state index contributed by atoms with van der Waals surface area (Å²) in [5.41, 5.74) is 1.88. The van der Waals surface area contributed by atoms with E-state index >= 15 is 0 Å². The van der Waals surface area contributed by atoms with Crippen molar-refractivity contribution in [3.8, 4) is 5.75 Å². The van der Waals surface area contributed by atoms with Crippen LogP contribution in [0.25, 0.3) is 0 Å². The van der Waals surface area contributed by atoms with E-state index in [0.717, 1.165) is 57.9 Å². The molecule has 1 atom stereocenters. The summed E-state index contributed by atoms with van der Waals surface area (Å²) in [6.45, 7) is 13.1. The standard InChI is InChI=1S/C30H46N8O3/c1-7-24-29(40)36(5)25-20-32-30(34-27(25)38(24)14-11-21(2)3)33-23-10-9-22(19-26(23)41-6)28(39)31-12-8-13-37-17-15-35(4)16-18-37/h9-10,19-21,24H,7-8,11-18H2,1-6H3,(H,31,39)(H,32,33,34)/t24-/m1/s1. The first kappa shape index (κ1) is 30.5. The van der Waals surface area contributed by atoms with E-state index in [9.17, 15) is 9.59 Å². The molecule has 0 saturated carbocycles. The maximum absolute atomic E-state index is 13.0. The van der Waals surface area contributed by atoms with E-state index in [4.69, 9.17) is 9.72 Å². The van der Waals surface area contributed by atoms with E-state index in [0.29, 0.717) is 47.5 Å². The van der Waals surface area contributed by atoms with Crippen molar-refractivity contribution in [1.29, 1.82) is 0 Å². The lowest BCUT2D eigenvalue weighted by Crippen LogP contribution is -2.53. The van der Waals surface area contributed by atoms with Crippen LogP contribution in [0, 0.1) is 5.92 Å². The number of nitrogens with zero attached hydrogens (tertiary/aromatic N) is 6. The van der Waals surface area contributed by atoms with E-state index in [2.05, 4.69) is 51.2 Å². The van der Waals surface area contributed by atoms with Gasteiger partial charge in [-0.15, -0.1) is 0 Å². The molecule has 11 nitrogen and oxygen atoms in total. The predicted molar refractivity (Wildman–Crippen MR) is 163 cm³/mol. The van der Waals surface area contributed by atoms with Gasteiger partial charge in [-0.25, -0.2) is 4.98 Å². The van der Waals surface area contributed by atoms with Crippen molar-refractivity contribution < 1.29 is 14.3 Å². The highest BCUT2D eigenvalue weighted by Gasteiger charge is 2.37. The minimum absolute atomic E-state index is 0.0583. The zero-order valence-electron chi connectivity index (χ0n) is 25.4. The molecule has 2 N–H and O–H groups in total. The Hall–Kier alpha value is -3.44. The quantitative estimate of drug-likeness (QED) is 0.375. The predicted octanol–water partition coefficient (Wildman–Crippen LogP) is 3.20. The number of methoxy groups -OCH3 is 1. The van der Waals surface area contributed by atoms with E-state index in [1.54, 1.807) is 37.4 Å². The third kappa shape index (κ3) is 7.45. The Morgan fingerprint density at radius 3 is 2.59 bits per heavy atom. The average molecular weight is 567 g/mol. The largest absolute Gasteiger partial charge is 0.495 e. The third-order valence-corrected chi connectivity index (χ3v) is 7.95. The lowest BCUT2D eigenvalue weighted by atomic mass is 10.0. The summed E-state index contributed by atoms with van der Waals surface area (Å²) in [4.78, 5) is 43.8. The fraction of sp³-hybridized carbons (Fsp3) is 0.600. The second kappa shape index (κ2) is 14.0. The number of ether oxygens (including phenoxy) is 1. The summed E-state index contributed by atoms with van der Waals surface area (Å²) >= 11 is 0. The van der Waals surface area contributed by atoms with Crippen molar-refractivity contribution in [1.82, 2.24) is 25.1 Å². The van der Waals surface area contributed by atoms with Crippen LogP contribution >= 0.6 is 0 Å². The number of piperazine rings is 1. The Kier molecular flexibility index (Phi) is 10.4. The van der Waals surface area contributed by atoms with Gasteiger partial charge in [0.15, 0.2) is 5.82 Å². The van der Waals surface area contributed by atoms with Gasteiger partial charge in [-0.05, 0) is 57.0 Å². The summed E-state index contributed by atoms with van der Waals surface area (Å²) < 4.78 is 5.61. The minimum Gasteiger partial charge on any atom is -0.495 e. The van der Waals surface area contributed by atoms with Crippen molar-refractivity contribution in [2.45, 2.75) is 46.1 Å². The number of carbonyl (C=O) groups excluding carboxylic acids is 2. The van der Waals surface area contributed by atoms with Crippen LogP contribution < -0.4 is 25.2 Å². The number of likely N-dealkylation sites (N-methyl/N-ethyl adjacent to an activating group) is 2. The van der Waals surface area contributed by atoms with Crippen molar-refractivity contribution in [2.24, 2.45) is 5.92 Å². The molecule has 41 heavy (non-hydrogen) atoms. The Bertz CT molecular complexity index is 1200. The van der Waals surface area contributed by atoms with Crippen molar-refractivity contribution in [2.75, 3.05) is 82.1 Å². The number of carbonyl (C=O) groups is 2. The van der Waals surface area contributed by atoms with Gasteiger partial charge in [0.25, 0.3) is 5.91 Å². The molecule has 0 spiro atoms. The van der Waals surface area contributed by atoms with Crippen LogP contribution in [0.1, 0.15) is 50.4 Å². The fourth-order valence-corrected chi connectivity index (χ4v) is 5.29. The molecule has 2 aliphatic heterocycles. The number of anilines is 4. The molecular formula is C30H46N8O3. The second-order valence-corrected chi connectivity index (χ2v) is 11.4. The maximum atomic E-state index is 13.0. The van der Waals surface area contributed by atoms with Gasteiger partial charge in [-0.2, -0.15) is 4.98 Å². The number of amides is 2. The fourth-order valence-electron chi connectivity index (χ4n) is 5.29. The molecule has 1 aromatic heterocycles. The van der Waals surface area contributed by atoms with Crippen LogP contribution in [0.2, 0.25) is 0 Å². The molecule has 1 fully saturated rings. The van der Waals surface area contributed by atoms with Gasteiger partial charge in [-0.1, -0.05) is 20.8 Å². The number of hydrogen-bond acceptors (Lipinski definition) is 9. The molecule has 0 radical (unpaired) electrons. The molecule has 4 rings (SSSR count). The number of rotatable bonds is 12. The highest BCUT2D eigenvalue weighted by Crippen LogP contribution is 2.36. The van der Waals surface area contributed by atoms with Gasteiger partial charge in [0.05, 0.1) is 19.0 Å². The highest BCUT2D eigenvalue weighted by atomic mass is 16.5. The molecule has 1 aromatic carbocycles. The smallest absolute Gasteiger partial charge is 0.251 e. The van der Waals surface area contributed by atoms with E-state index in [1.165, 1.54) is 0 Å². The summed E-state index contributed by atoms with van der Waals surface area (Å²) in [5, 5.41) is 6.29. The van der Waals surface area contributed by atoms with Gasteiger partial charge in [0, 0.05) is 51.9 Å². The van der Waals surface area contributed by atoms with Crippen LogP contribution in [-0.4, -0.2) is 105 Å². The van der Waals surface area contributed by atoms with Gasteiger partial charge >= 0.3 is 0 Å². The Balaban J connectivity index is 1.43. The zero-order valence-corrected chi connectivity index (χ0v) is 25.4.